The van der Waals surface area contributed by atoms with E-state index >= 15 is 0 Å². The number of rotatable bonds is 11. The van der Waals surface area contributed by atoms with Crippen molar-refractivity contribution in [3.63, 3.8) is 0 Å². The minimum Gasteiger partial charge on any atom is -0.481 e. The number of hydrogen-bond donors (Lipinski definition) is 4. The number of hydrogen-bond acceptors (Lipinski definition) is 7. The second-order valence-corrected chi connectivity index (χ2v) is 11.2. The standard InChI is InChI=1S/C32H40N4O7/c1-18-13-21(17-41-7)14-19(2)27(18)36-31(40)34-25-15-22(23-10-12-26(42-8)33-16-23)9-11-24(25)29(37)35-28(30(38)39)20(3)43-32(4,5)6/h9-16,20,28H,17H2,1-8H3,(H,35,37)(H,38,39)(H2,34,36,40)/t20?,28-/m0/s1. The highest BCUT2D eigenvalue weighted by Crippen LogP contribution is 2.28. The Morgan fingerprint density at radius 1 is 0.953 bits per heavy atom. The van der Waals surface area contributed by atoms with Crippen molar-refractivity contribution in [2.75, 3.05) is 24.9 Å². The summed E-state index contributed by atoms with van der Waals surface area (Å²) in [6.45, 7) is 11.2. The third-order valence-electron chi connectivity index (χ3n) is 6.49. The molecule has 2 atom stereocenters. The molecule has 0 saturated heterocycles. The van der Waals surface area contributed by atoms with Crippen LogP contribution in [-0.2, 0) is 20.9 Å². The van der Waals surface area contributed by atoms with E-state index in [4.69, 9.17) is 14.2 Å². The highest BCUT2D eigenvalue weighted by molar-refractivity contribution is 6.08. The number of methoxy groups -OCH3 is 2. The zero-order valence-corrected chi connectivity index (χ0v) is 25.8. The average molecular weight is 593 g/mol. The molecule has 3 rings (SSSR count). The molecule has 0 aliphatic heterocycles. The number of nitrogens with one attached hydrogen (secondary N) is 3. The van der Waals surface area contributed by atoms with Crippen molar-refractivity contribution < 1.29 is 33.7 Å². The first-order valence-electron chi connectivity index (χ1n) is 13.8. The Morgan fingerprint density at radius 3 is 2.14 bits per heavy atom. The van der Waals surface area contributed by atoms with Crippen molar-refractivity contribution >= 4 is 29.3 Å². The number of carboxylic acid groups (broad SMARTS) is 1. The van der Waals surface area contributed by atoms with Crippen molar-refractivity contribution in [2.45, 2.75) is 65.9 Å². The highest BCUT2D eigenvalue weighted by atomic mass is 16.5. The third kappa shape index (κ3) is 9.00. The first-order valence-corrected chi connectivity index (χ1v) is 13.8. The van der Waals surface area contributed by atoms with Gasteiger partial charge in [0.15, 0.2) is 6.04 Å². The first-order chi connectivity index (χ1) is 20.2. The number of pyridine rings is 1. The molecule has 0 fully saturated rings. The van der Waals surface area contributed by atoms with Crippen LogP contribution in [0.5, 0.6) is 5.88 Å². The molecule has 4 N–H and O–H groups in total. The minimum atomic E-state index is -1.34. The summed E-state index contributed by atoms with van der Waals surface area (Å²) in [6.07, 6.45) is 0.774. The lowest BCUT2D eigenvalue weighted by Gasteiger charge is -2.29. The summed E-state index contributed by atoms with van der Waals surface area (Å²) in [6, 6.07) is 10.3. The molecule has 11 heteroatoms. The van der Waals surface area contributed by atoms with Crippen LogP contribution in [-0.4, -0.2) is 60.0 Å². The molecule has 0 aliphatic carbocycles. The van der Waals surface area contributed by atoms with Gasteiger partial charge in [-0.2, -0.15) is 0 Å². The molecule has 1 aromatic heterocycles. The van der Waals surface area contributed by atoms with Crippen LogP contribution in [0.2, 0.25) is 0 Å². The number of aromatic nitrogens is 1. The summed E-state index contributed by atoms with van der Waals surface area (Å²) in [7, 11) is 3.13. The Morgan fingerprint density at radius 2 is 1.60 bits per heavy atom. The molecular weight excluding hydrogens is 552 g/mol. The van der Waals surface area contributed by atoms with Crippen molar-refractivity contribution in [3.8, 4) is 17.0 Å². The third-order valence-corrected chi connectivity index (χ3v) is 6.49. The topological polar surface area (TPSA) is 148 Å². The molecule has 3 aromatic rings. The summed E-state index contributed by atoms with van der Waals surface area (Å²) in [5, 5.41) is 18.1. The van der Waals surface area contributed by atoms with E-state index in [1.165, 1.54) is 13.2 Å². The van der Waals surface area contributed by atoms with E-state index in [-0.39, 0.29) is 11.3 Å². The van der Waals surface area contributed by atoms with Gasteiger partial charge in [-0.1, -0.05) is 18.2 Å². The molecule has 2 aromatic carbocycles. The quantitative estimate of drug-likeness (QED) is 0.227. The molecule has 0 spiro atoms. The fourth-order valence-electron chi connectivity index (χ4n) is 4.69. The largest absolute Gasteiger partial charge is 0.481 e. The summed E-state index contributed by atoms with van der Waals surface area (Å²) in [4.78, 5) is 43.1. The Bertz CT molecular complexity index is 1440. The van der Waals surface area contributed by atoms with Gasteiger partial charge >= 0.3 is 12.0 Å². The van der Waals surface area contributed by atoms with Gasteiger partial charge in [-0.25, -0.2) is 14.6 Å². The van der Waals surface area contributed by atoms with Gasteiger partial charge in [-0.05, 0) is 82.0 Å². The van der Waals surface area contributed by atoms with Crippen LogP contribution in [0.15, 0.2) is 48.7 Å². The van der Waals surface area contributed by atoms with Gasteiger partial charge in [-0.3, -0.25) is 4.79 Å². The average Bonchev–Trinajstić information content (AvgIpc) is 2.92. The summed E-state index contributed by atoms with van der Waals surface area (Å²) in [5.74, 6) is -1.50. The summed E-state index contributed by atoms with van der Waals surface area (Å²) >= 11 is 0. The van der Waals surface area contributed by atoms with Gasteiger partial charge in [0.2, 0.25) is 5.88 Å². The number of anilines is 2. The van der Waals surface area contributed by atoms with E-state index in [0.717, 1.165) is 16.7 Å². The zero-order valence-electron chi connectivity index (χ0n) is 25.8. The van der Waals surface area contributed by atoms with E-state index in [1.807, 2.05) is 26.0 Å². The van der Waals surface area contributed by atoms with Crippen molar-refractivity contribution in [1.29, 1.82) is 0 Å². The van der Waals surface area contributed by atoms with Gasteiger partial charge in [0.25, 0.3) is 5.91 Å². The number of amides is 3. The maximum Gasteiger partial charge on any atom is 0.328 e. The van der Waals surface area contributed by atoms with Crippen LogP contribution in [0, 0.1) is 13.8 Å². The number of ether oxygens (including phenoxy) is 3. The van der Waals surface area contributed by atoms with Crippen LogP contribution in [0.4, 0.5) is 16.2 Å². The maximum absolute atomic E-state index is 13.5. The maximum atomic E-state index is 13.5. The van der Waals surface area contributed by atoms with Gasteiger partial charge < -0.3 is 35.3 Å². The SMILES string of the molecule is COCc1cc(C)c(NC(=O)Nc2cc(-c3ccc(OC)nc3)ccc2C(=O)N[C@H](C(=O)O)C(C)OC(C)(C)C)c(C)c1. The number of aliphatic carboxylic acids is 1. The van der Waals surface area contributed by atoms with Crippen molar-refractivity contribution in [1.82, 2.24) is 10.3 Å². The predicted octanol–water partition coefficient (Wildman–Crippen LogP) is 5.55. The number of aryl methyl sites for hydroxylation is 2. The van der Waals surface area contributed by atoms with E-state index in [9.17, 15) is 19.5 Å². The molecular formula is C32H40N4O7. The fourth-order valence-corrected chi connectivity index (χ4v) is 4.69. The van der Waals surface area contributed by atoms with Crippen molar-refractivity contribution in [3.05, 3.63) is 70.9 Å². The molecule has 0 aliphatic rings. The second kappa shape index (κ2) is 14.1. The Labute approximate surface area is 252 Å². The Hall–Kier alpha value is -4.48. The minimum absolute atomic E-state index is 0.0680. The summed E-state index contributed by atoms with van der Waals surface area (Å²) in [5.41, 5.74) is 4.27. The van der Waals surface area contributed by atoms with Crippen molar-refractivity contribution in [2.24, 2.45) is 0 Å². The molecule has 3 amide bonds. The van der Waals surface area contributed by atoms with Crippen LogP contribution in [0.25, 0.3) is 11.1 Å². The molecule has 230 valence electrons. The Balaban J connectivity index is 1.96. The smallest absolute Gasteiger partial charge is 0.328 e. The molecule has 0 saturated carbocycles. The van der Waals surface area contributed by atoms with Gasteiger partial charge in [0.05, 0.1) is 36.7 Å². The monoisotopic (exact) mass is 592 g/mol. The van der Waals surface area contributed by atoms with Gasteiger partial charge in [-0.15, -0.1) is 0 Å². The van der Waals surface area contributed by atoms with Crippen LogP contribution < -0.4 is 20.7 Å². The number of carbonyl (C=O) groups is 3. The zero-order chi connectivity index (χ0) is 31.9. The van der Waals surface area contributed by atoms with E-state index in [1.54, 1.807) is 65.3 Å². The second-order valence-electron chi connectivity index (χ2n) is 11.2. The lowest BCUT2D eigenvalue weighted by molar-refractivity contribution is -0.146. The normalized spacial score (nSPS) is 12.7. The molecule has 11 nitrogen and oxygen atoms in total. The summed E-state index contributed by atoms with van der Waals surface area (Å²) < 4.78 is 16.2. The van der Waals surface area contributed by atoms with Crippen LogP contribution in [0.1, 0.15) is 54.7 Å². The number of nitrogens with zero attached hydrogens (tertiary/aromatic N) is 1. The number of urea groups is 1. The highest BCUT2D eigenvalue weighted by Gasteiger charge is 2.31. The molecule has 0 radical (unpaired) electrons. The number of carbonyl (C=O) groups excluding carboxylic acids is 2. The molecule has 1 unspecified atom stereocenters. The number of carboxylic acids is 1. The van der Waals surface area contributed by atoms with E-state index in [2.05, 4.69) is 20.9 Å². The predicted molar refractivity (Wildman–Crippen MR) is 165 cm³/mol. The first kappa shape index (κ1) is 33.0. The van der Waals surface area contributed by atoms with Crippen LogP contribution >= 0.6 is 0 Å². The van der Waals surface area contributed by atoms with Crippen LogP contribution in [0.3, 0.4) is 0 Å². The van der Waals surface area contributed by atoms with Gasteiger partial charge in [0, 0.05) is 30.6 Å². The van der Waals surface area contributed by atoms with E-state index < -0.39 is 35.7 Å². The Kier molecular flexibility index (Phi) is 10.8. The molecule has 1 heterocycles. The lowest BCUT2D eigenvalue weighted by Crippen LogP contribution is -2.50. The molecule has 43 heavy (non-hydrogen) atoms. The number of benzene rings is 2. The fraction of sp³-hybridized carbons (Fsp3) is 0.375. The molecule has 0 bridgehead atoms. The van der Waals surface area contributed by atoms with Gasteiger partial charge in [0.1, 0.15) is 0 Å². The van der Waals surface area contributed by atoms with E-state index in [0.29, 0.717) is 29.3 Å². The lowest BCUT2D eigenvalue weighted by atomic mass is 10.0.